The second-order valence-corrected chi connectivity index (χ2v) is 4.51. The molecular formula is C16H17NO6. The number of nitro benzene ring substituents is 1. The summed E-state index contributed by atoms with van der Waals surface area (Å²) in [4.78, 5) is 33.3. The van der Waals surface area contributed by atoms with Crippen LogP contribution in [-0.4, -0.2) is 23.0 Å². The summed E-state index contributed by atoms with van der Waals surface area (Å²) in [5.41, 5.74) is -0.182. The second-order valence-electron chi connectivity index (χ2n) is 4.51. The Balaban J connectivity index is 2.47. The third kappa shape index (κ3) is 6.61. The van der Waals surface area contributed by atoms with E-state index >= 15 is 0 Å². The highest BCUT2D eigenvalue weighted by Gasteiger charge is 2.14. The van der Waals surface area contributed by atoms with E-state index < -0.39 is 23.0 Å². The minimum absolute atomic E-state index is 0.0563. The van der Waals surface area contributed by atoms with Crippen molar-refractivity contribution in [1.82, 2.24) is 0 Å². The van der Waals surface area contributed by atoms with Gasteiger partial charge in [-0.25, -0.2) is 0 Å². The van der Waals surface area contributed by atoms with Gasteiger partial charge in [-0.05, 0) is 19.4 Å². The lowest BCUT2D eigenvalue weighted by Crippen LogP contribution is -2.17. The van der Waals surface area contributed by atoms with Crippen LogP contribution in [0.4, 0.5) is 5.69 Å². The molecule has 7 heteroatoms. The van der Waals surface area contributed by atoms with Crippen LogP contribution in [0.2, 0.25) is 0 Å². The molecule has 1 atom stereocenters. The van der Waals surface area contributed by atoms with Gasteiger partial charge in [0.05, 0.1) is 23.8 Å². The fourth-order valence-corrected chi connectivity index (χ4v) is 1.64. The highest BCUT2D eigenvalue weighted by molar-refractivity contribution is 5.79. The Morgan fingerprint density at radius 2 is 2.00 bits per heavy atom. The van der Waals surface area contributed by atoms with E-state index in [0.717, 1.165) is 6.07 Å². The number of nitrogens with zero attached hydrogens (tertiary/aromatic N) is 1. The zero-order valence-electron chi connectivity index (χ0n) is 12.9. The largest absolute Gasteiger partial charge is 0.449 e. The lowest BCUT2D eigenvalue weighted by molar-refractivity contribution is -0.384. The molecule has 0 N–H and O–H groups in total. The molecule has 0 bridgehead atoms. The lowest BCUT2D eigenvalue weighted by atomic mass is 10.2. The quantitative estimate of drug-likeness (QED) is 0.252. The van der Waals surface area contributed by atoms with Crippen molar-refractivity contribution >= 4 is 17.6 Å². The molecule has 0 aromatic heterocycles. The average Bonchev–Trinajstić information content (AvgIpc) is 2.52. The summed E-state index contributed by atoms with van der Waals surface area (Å²) in [6.45, 7) is 3.48. The van der Waals surface area contributed by atoms with Gasteiger partial charge < -0.3 is 9.47 Å². The Bertz CT molecular complexity index is 643. The van der Waals surface area contributed by atoms with E-state index in [4.69, 9.17) is 9.47 Å². The Hall–Kier alpha value is -2.88. The van der Waals surface area contributed by atoms with Gasteiger partial charge in [0, 0.05) is 6.07 Å². The molecule has 23 heavy (non-hydrogen) atoms. The van der Waals surface area contributed by atoms with Crippen LogP contribution >= 0.6 is 0 Å². The summed E-state index contributed by atoms with van der Waals surface area (Å²) >= 11 is 0. The number of esters is 2. The van der Waals surface area contributed by atoms with Crippen LogP contribution in [0.25, 0.3) is 0 Å². The maximum atomic E-state index is 11.7. The van der Waals surface area contributed by atoms with Crippen LogP contribution in [0.1, 0.15) is 33.1 Å². The summed E-state index contributed by atoms with van der Waals surface area (Å²) < 4.78 is 10.0. The van der Waals surface area contributed by atoms with Crippen molar-refractivity contribution in [2.45, 2.75) is 39.2 Å². The summed E-state index contributed by atoms with van der Waals surface area (Å²) in [7, 11) is 0. The molecule has 0 aliphatic heterocycles. The molecule has 0 radical (unpaired) electrons. The Morgan fingerprint density at radius 1 is 1.30 bits per heavy atom. The number of hydrogen-bond acceptors (Lipinski definition) is 6. The van der Waals surface area contributed by atoms with Crippen LogP contribution in [0, 0.1) is 22.0 Å². The van der Waals surface area contributed by atoms with Crippen molar-refractivity contribution in [2.24, 2.45) is 0 Å². The van der Waals surface area contributed by atoms with E-state index in [2.05, 4.69) is 11.8 Å². The molecule has 0 saturated heterocycles. The number of carbonyl (C=O) groups excluding carboxylic acids is 2. The van der Waals surface area contributed by atoms with Crippen molar-refractivity contribution in [1.29, 1.82) is 0 Å². The highest BCUT2D eigenvalue weighted by atomic mass is 16.6. The number of rotatable bonds is 7. The molecule has 1 unspecified atom stereocenters. The zero-order chi connectivity index (χ0) is 17.2. The SMILES string of the molecule is CC#CC(CC)OC(=O)CCC(=O)Oc1cccc([N+](=O)[O-])c1. The Kier molecular flexibility index (Phi) is 7.27. The van der Waals surface area contributed by atoms with E-state index in [0.29, 0.717) is 6.42 Å². The van der Waals surface area contributed by atoms with Gasteiger partial charge in [-0.1, -0.05) is 18.9 Å². The van der Waals surface area contributed by atoms with Crippen LogP contribution < -0.4 is 4.74 Å². The lowest BCUT2D eigenvalue weighted by Gasteiger charge is -2.10. The summed E-state index contributed by atoms with van der Waals surface area (Å²) in [5, 5.41) is 10.6. The molecule has 0 aliphatic rings. The molecule has 7 nitrogen and oxygen atoms in total. The number of hydrogen-bond donors (Lipinski definition) is 0. The molecule has 1 aromatic carbocycles. The molecule has 1 aromatic rings. The van der Waals surface area contributed by atoms with E-state index in [1.54, 1.807) is 6.92 Å². The van der Waals surface area contributed by atoms with Crippen molar-refractivity contribution in [2.75, 3.05) is 0 Å². The fourth-order valence-electron chi connectivity index (χ4n) is 1.64. The van der Waals surface area contributed by atoms with Gasteiger partial charge in [0.2, 0.25) is 0 Å². The Labute approximate surface area is 133 Å². The third-order valence-electron chi connectivity index (χ3n) is 2.74. The molecule has 0 spiro atoms. The minimum atomic E-state index is -0.669. The molecule has 1 rings (SSSR count). The Morgan fingerprint density at radius 3 is 2.61 bits per heavy atom. The molecular weight excluding hydrogens is 302 g/mol. The molecule has 0 aliphatic carbocycles. The number of ether oxygens (including phenoxy) is 2. The van der Waals surface area contributed by atoms with Crippen LogP contribution in [0.5, 0.6) is 5.75 Å². The predicted octanol–water partition coefficient (Wildman–Crippen LogP) is 2.63. The molecule has 0 saturated carbocycles. The van der Waals surface area contributed by atoms with Gasteiger partial charge in [0.25, 0.3) is 5.69 Å². The maximum absolute atomic E-state index is 11.7. The first-order valence-electron chi connectivity index (χ1n) is 7.03. The van der Waals surface area contributed by atoms with Crippen molar-refractivity contribution < 1.29 is 24.0 Å². The highest BCUT2D eigenvalue weighted by Crippen LogP contribution is 2.19. The first-order chi connectivity index (χ1) is 11.0. The van der Waals surface area contributed by atoms with Crippen molar-refractivity contribution in [3.05, 3.63) is 34.4 Å². The van der Waals surface area contributed by atoms with Crippen molar-refractivity contribution in [3.63, 3.8) is 0 Å². The number of benzene rings is 1. The van der Waals surface area contributed by atoms with E-state index in [1.165, 1.54) is 18.2 Å². The van der Waals surface area contributed by atoms with Gasteiger partial charge in [0.15, 0.2) is 6.10 Å². The number of carbonyl (C=O) groups is 2. The van der Waals surface area contributed by atoms with E-state index in [-0.39, 0.29) is 24.3 Å². The standard InChI is InChI=1S/C16H17NO6/c1-3-6-13(4-2)22-15(18)9-10-16(19)23-14-8-5-7-12(11-14)17(20)21/h5,7-8,11,13H,4,9-10H2,1-2H3. The number of non-ortho nitro benzene ring substituents is 1. The average molecular weight is 319 g/mol. The second kappa shape index (κ2) is 9.20. The van der Waals surface area contributed by atoms with E-state index in [1.807, 2.05) is 6.92 Å². The van der Waals surface area contributed by atoms with Gasteiger partial charge in [-0.3, -0.25) is 19.7 Å². The zero-order valence-corrected chi connectivity index (χ0v) is 12.9. The van der Waals surface area contributed by atoms with Gasteiger partial charge in [-0.15, -0.1) is 5.92 Å². The molecule has 0 fully saturated rings. The van der Waals surface area contributed by atoms with Gasteiger partial charge >= 0.3 is 11.9 Å². The van der Waals surface area contributed by atoms with E-state index in [9.17, 15) is 19.7 Å². The predicted molar refractivity (Wildman–Crippen MR) is 81.6 cm³/mol. The maximum Gasteiger partial charge on any atom is 0.311 e. The summed E-state index contributed by atoms with van der Waals surface area (Å²) in [6.07, 6.45) is -0.252. The van der Waals surface area contributed by atoms with Gasteiger partial charge in [0.1, 0.15) is 5.75 Å². The number of nitro groups is 1. The van der Waals surface area contributed by atoms with Gasteiger partial charge in [-0.2, -0.15) is 0 Å². The first-order valence-corrected chi connectivity index (χ1v) is 7.03. The normalized spacial score (nSPS) is 10.9. The van der Waals surface area contributed by atoms with Crippen LogP contribution in [-0.2, 0) is 14.3 Å². The third-order valence-corrected chi connectivity index (χ3v) is 2.74. The fraction of sp³-hybridized carbons (Fsp3) is 0.375. The smallest absolute Gasteiger partial charge is 0.311 e. The first kappa shape index (κ1) is 18.2. The van der Waals surface area contributed by atoms with Crippen molar-refractivity contribution in [3.8, 4) is 17.6 Å². The summed E-state index contributed by atoms with van der Waals surface area (Å²) in [5.74, 6) is 4.24. The molecule has 122 valence electrons. The monoisotopic (exact) mass is 319 g/mol. The van der Waals surface area contributed by atoms with Crippen LogP contribution in [0.3, 0.4) is 0 Å². The van der Waals surface area contributed by atoms with Crippen LogP contribution in [0.15, 0.2) is 24.3 Å². The molecule has 0 heterocycles. The molecule has 0 amide bonds. The summed E-state index contributed by atoms with van der Waals surface area (Å²) in [6, 6.07) is 5.26. The minimum Gasteiger partial charge on any atom is -0.449 e. The topological polar surface area (TPSA) is 95.7 Å².